The first-order valence-corrected chi connectivity index (χ1v) is 9.34. The second-order valence-corrected chi connectivity index (χ2v) is 6.40. The first kappa shape index (κ1) is 20.3. The summed E-state index contributed by atoms with van der Waals surface area (Å²) < 4.78 is 0. The van der Waals surface area contributed by atoms with Crippen LogP contribution in [0.4, 0.5) is 11.4 Å². The number of nitrogens with zero attached hydrogens (tertiary/aromatic N) is 2. The normalized spacial score (nSPS) is 10.1. The maximum Gasteiger partial charge on any atom is 0.0407 e. The van der Waals surface area contributed by atoms with Crippen molar-refractivity contribution in [1.82, 2.24) is 0 Å². The van der Waals surface area contributed by atoms with E-state index in [0.717, 1.165) is 32.6 Å². The van der Waals surface area contributed by atoms with Crippen LogP contribution in [0.2, 0.25) is 0 Å². The van der Waals surface area contributed by atoms with Crippen molar-refractivity contribution in [3.8, 4) is 0 Å². The average Bonchev–Trinajstić information content (AvgIpc) is 2.69. The summed E-state index contributed by atoms with van der Waals surface area (Å²) in [6.07, 6.45) is 8.60. The van der Waals surface area contributed by atoms with Crippen molar-refractivity contribution in [3.63, 3.8) is 0 Å². The van der Waals surface area contributed by atoms with Gasteiger partial charge in [0.25, 0.3) is 0 Å². The third kappa shape index (κ3) is 5.49. The first-order valence-electron chi connectivity index (χ1n) is 9.34. The van der Waals surface area contributed by atoms with Gasteiger partial charge >= 0.3 is 0 Å². The molecule has 2 nitrogen and oxygen atoms in total. The number of hydrogen-bond donors (Lipinski definition) is 0. The summed E-state index contributed by atoms with van der Waals surface area (Å²) in [5.74, 6) is 0. The third-order valence-electron chi connectivity index (χ3n) is 4.44. The Hall–Kier alpha value is -3.00. The van der Waals surface area contributed by atoms with Crippen LogP contribution < -0.4 is 9.80 Å². The summed E-state index contributed by atoms with van der Waals surface area (Å²) in [6, 6.07) is 17.1. The van der Waals surface area contributed by atoms with Crippen molar-refractivity contribution in [3.05, 3.63) is 110 Å². The summed E-state index contributed by atoms with van der Waals surface area (Å²) in [4.78, 5) is 4.59. The predicted octanol–water partition coefficient (Wildman–Crippen LogP) is 5.63. The molecule has 0 radical (unpaired) electrons. The molecule has 0 aliphatic carbocycles. The van der Waals surface area contributed by atoms with E-state index in [0.29, 0.717) is 0 Å². The maximum atomic E-state index is 3.90. The van der Waals surface area contributed by atoms with Gasteiger partial charge in [0.2, 0.25) is 0 Å². The predicted molar refractivity (Wildman–Crippen MR) is 121 cm³/mol. The minimum absolute atomic E-state index is 0.795. The molecule has 0 atom stereocenters. The number of benzene rings is 2. The highest BCUT2D eigenvalue weighted by Gasteiger charge is 2.13. The van der Waals surface area contributed by atoms with Gasteiger partial charge in [0.1, 0.15) is 0 Å². The van der Waals surface area contributed by atoms with Gasteiger partial charge < -0.3 is 9.80 Å². The SMILES string of the molecule is C=CCN(CC=C)c1ccccc1Cc1ccccc1N(CC=C)CC=C. The van der Waals surface area contributed by atoms with Crippen molar-refractivity contribution in [2.75, 3.05) is 36.0 Å². The molecule has 2 heteroatoms. The molecule has 140 valence electrons. The smallest absolute Gasteiger partial charge is 0.0407 e. The molecule has 0 aliphatic heterocycles. The molecule has 0 bridgehead atoms. The molecule has 0 saturated carbocycles. The molecule has 0 unspecified atom stereocenters. The van der Waals surface area contributed by atoms with Crippen molar-refractivity contribution in [1.29, 1.82) is 0 Å². The van der Waals surface area contributed by atoms with Crippen molar-refractivity contribution in [2.24, 2.45) is 0 Å². The maximum absolute atomic E-state index is 3.90. The lowest BCUT2D eigenvalue weighted by molar-refractivity contribution is 0.928. The largest absolute Gasteiger partial charge is 0.364 e. The molecule has 0 aromatic heterocycles. The highest BCUT2D eigenvalue weighted by molar-refractivity contribution is 5.61. The Morgan fingerprint density at radius 1 is 0.556 bits per heavy atom. The van der Waals surface area contributed by atoms with Crippen LogP contribution in [0, 0.1) is 0 Å². The van der Waals surface area contributed by atoms with E-state index in [1.54, 1.807) is 0 Å². The van der Waals surface area contributed by atoms with Gasteiger partial charge in [0.05, 0.1) is 0 Å². The van der Waals surface area contributed by atoms with Gasteiger partial charge in [0, 0.05) is 44.0 Å². The van der Waals surface area contributed by atoms with Gasteiger partial charge in [0.15, 0.2) is 0 Å². The van der Waals surface area contributed by atoms with Gasteiger partial charge in [-0.05, 0) is 23.3 Å². The minimum atomic E-state index is 0.795. The summed E-state index contributed by atoms with van der Waals surface area (Å²) in [5.41, 5.74) is 5.05. The Bertz CT molecular complexity index is 690. The molecule has 27 heavy (non-hydrogen) atoms. The van der Waals surface area contributed by atoms with E-state index in [9.17, 15) is 0 Å². The molecular weight excluding hydrogens is 328 g/mol. The zero-order valence-electron chi connectivity index (χ0n) is 16.2. The van der Waals surface area contributed by atoms with Gasteiger partial charge in [-0.1, -0.05) is 60.7 Å². The van der Waals surface area contributed by atoms with Gasteiger partial charge in [-0.25, -0.2) is 0 Å². The third-order valence-corrected chi connectivity index (χ3v) is 4.44. The van der Waals surface area contributed by atoms with Crippen molar-refractivity contribution in [2.45, 2.75) is 6.42 Å². The standard InChI is InChI=1S/C25H30N2/c1-5-17-26(18-6-2)24-15-11-9-13-22(24)21-23-14-10-12-16-25(23)27(19-7-3)20-8-4/h5-16H,1-4,17-21H2. The quantitative estimate of drug-likeness (QED) is 0.453. The van der Waals surface area contributed by atoms with Crippen molar-refractivity contribution >= 4 is 11.4 Å². The number of anilines is 2. The van der Waals surface area contributed by atoms with E-state index in [1.807, 2.05) is 24.3 Å². The topological polar surface area (TPSA) is 6.48 Å². The van der Waals surface area contributed by atoms with E-state index in [2.05, 4.69) is 84.6 Å². The van der Waals surface area contributed by atoms with Crippen LogP contribution in [0.15, 0.2) is 99.2 Å². The molecule has 0 fully saturated rings. The highest BCUT2D eigenvalue weighted by Crippen LogP contribution is 2.28. The first-order chi connectivity index (χ1) is 13.2. The Kier molecular flexibility index (Phi) is 8.18. The van der Waals surface area contributed by atoms with Crippen LogP contribution in [0.25, 0.3) is 0 Å². The fraction of sp³-hybridized carbons (Fsp3) is 0.200. The van der Waals surface area contributed by atoms with E-state index in [1.165, 1.54) is 22.5 Å². The average molecular weight is 359 g/mol. The fourth-order valence-corrected chi connectivity index (χ4v) is 3.31. The van der Waals surface area contributed by atoms with Crippen molar-refractivity contribution < 1.29 is 0 Å². The van der Waals surface area contributed by atoms with E-state index < -0.39 is 0 Å². The number of para-hydroxylation sites is 2. The summed E-state index contributed by atoms with van der Waals surface area (Å²) in [7, 11) is 0. The Balaban J connectivity index is 2.40. The second kappa shape index (κ2) is 10.9. The molecular formula is C25H30N2. The van der Waals surface area contributed by atoms with Crippen LogP contribution in [0.5, 0.6) is 0 Å². The lowest BCUT2D eigenvalue weighted by Crippen LogP contribution is -2.25. The van der Waals surface area contributed by atoms with Gasteiger partial charge in [-0.3, -0.25) is 0 Å². The fourth-order valence-electron chi connectivity index (χ4n) is 3.31. The number of hydrogen-bond acceptors (Lipinski definition) is 2. The Morgan fingerprint density at radius 3 is 1.22 bits per heavy atom. The van der Waals surface area contributed by atoms with E-state index in [-0.39, 0.29) is 0 Å². The molecule has 2 aromatic rings. The molecule has 0 amide bonds. The second-order valence-electron chi connectivity index (χ2n) is 6.40. The molecule has 0 N–H and O–H groups in total. The molecule has 2 rings (SSSR count). The molecule has 2 aromatic carbocycles. The lowest BCUT2D eigenvalue weighted by Gasteiger charge is -2.27. The monoisotopic (exact) mass is 358 g/mol. The van der Waals surface area contributed by atoms with Crippen LogP contribution in [0.3, 0.4) is 0 Å². The minimum Gasteiger partial charge on any atom is -0.364 e. The number of rotatable bonds is 12. The zero-order chi connectivity index (χ0) is 19.5. The van der Waals surface area contributed by atoms with Crippen LogP contribution >= 0.6 is 0 Å². The summed E-state index contributed by atoms with van der Waals surface area (Å²) in [6.45, 7) is 18.8. The Morgan fingerprint density at radius 2 is 0.889 bits per heavy atom. The molecule has 0 spiro atoms. The zero-order valence-corrected chi connectivity index (χ0v) is 16.2. The van der Waals surface area contributed by atoms with Crippen LogP contribution in [-0.4, -0.2) is 26.2 Å². The molecule has 0 heterocycles. The Labute approximate surface area is 164 Å². The van der Waals surface area contributed by atoms with E-state index in [4.69, 9.17) is 0 Å². The van der Waals surface area contributed by atoms with E-state index >= 15 is 0 Å². The molecule has 0 aliphatic rings. The van der Waals surface area contributed by atoms with Crippen LogP contribution in [0.1, 0.15) is 11.1 Å². The summed E-state index contributed by atoms with van der Waals surface area (Å²) in [5, 5.41) is 0. The highest BCUT2D eigenvalue weighted by atomic mass is 15.1. The van der Waals surface area contributed by atoms with Gasteiger partial charge in [-0.15, -0.1) is 26.3 Å². The van der Waals surface area contributed by atoms with Gasteiger partial charge in [-0.2, -0.15) is 0 Å². The summed E-state index contributed by atoms with van der Waals surface area (Å²) >= 11 is 0. The van der Waals surface area contributed by atoms with Crippen LogP contribution in [-0.2, 0) is 6.42 Å². The lowest BCUT2D eigenvalue weighted by atomic mass is 10.00. The molecule has 0 saturated heterocycles.